The first-order chi connectivity index (χ1) is 21.8. The number of aliphatic hydroxyl groups is 4. The van der Waals surface area contributed by atoms with E-state index in [9.17, 15) is 25.2 Å². The Kier molecular flexibility index (Phi) is 18.6. The number of aliphatic hydroxyl groups excluding tert-OH is 4. The molecule has 3 rings (SSSR count). The van der Waals surface area contributed by atoms with Crippen molar-refractivity contribution in [1.82, 2.24) is 0 Å². The molecule has 4 N–H and O–H groups in total. The molecule has 0 saturated carbocycles. The second-order valence-corrected chi connectivity index (χ2v) is 14.2. The minimum Gasteiger partial charge on any atom is -0.455 e. The van der Waals surface area contributed by atoms with Crippen molar-refractivity contribution in [3.05, 3.63) is 11.6 Å². The lowest BCUT2D eigenvalue weighted by Crippen LogP contribution is -2.33. The molecular weight excluding hydrogens is 572 g/mol. The molecule has 0 aliphatic carbocycles. The van der Waals surface area contributed by atoms with Crippen LogP contribution >= 0.6 is 0 Å². The summed E-state index contributed by atoms with van der Waals surface area (Å²) in [7, 11) is 0. The number of esters is 1. The highest BCUT2D eigenvalue weighted by Gasteiger charge is 2.40. The molecule has 3 heterocycles. The van der Waals surface area contributed by atoms with E-state index >= 15 is 0 Å². The van der Waals surface area contributed by atoms with Crippen LogP contribution in [0.2, 0.25) is 0 Å². The van der Waals surface area contributed by atoms with Crippen LogP contribution < -0.4 is 0 Å². The van der Waals surface area contributed by atoms with Crippen molar-refractivity contribution in [2.75, 3.05) is 0 Å². The standard InChI is InChI=1S/C37H66O8/c1-3-4-5-6-7-8-12-15-18-31(40)33-21-23-35(44-33)36-24-22-34(45-36)32(41)20-19-29(38)16-13-10-9-11-14-17-30(39)26-28-25-27(2)43-37(28)42/h25,27,29-36,38-41H,3-24,26H2,1-2H3/t27-,29+,30+,31-,32+,33+,34+,35+,36+/m0/s1. The van der Waals surface area contributed by atoms with E-state index in [0.717, 1.165) is 77.0 Å². The fraction of sp³-hybridized carbons (Fsp3) is 0.919. The summed E-state index contributed by atoms with van der Waals surface area (Å²) < 4.78 is 17.6. The highest BCUT2D eigenvalue weighted by molar-refractivity contribution is 5.90. The Hall–Kier alpha value is -1.03. The summed E-state index contributed by atoms with van der Waals surface area (Å²) in [5.41, 5.74) is 0.588. The zero-order chi connectivity index (χ0) is 32.4. The maximum Gasteiger partial charge on any atom is 0.334 e. The number of carbonyl (C=O) groups excluding carboxylic acids is 1. The lowest BCUT2D eigenvalue weighted by Gasteiger charge is -2.24. The van der Waals surface area contributed by atoms with Crippen LogP contribution in [0.25, 0.3) is 0 Å². The SMILES string of the molecule is CCCCCCCCCC[C@H](O)[C@H]1CC[C@H]([C@H]2CC[C@H]([C@H](O)CC[C@H](O)CCCCCCC[C@@H](O)CC3=C[C@H](C)OC3=O)O2)O1. The Labute approximate surface area is 273 Å². The van der Waals surface area contributed by atoms with Crippen molar-refractivity contribution < 1.29 is 39.4 Å². The molecule has 8 nitrogen and oxygen atoms in total. The van der Waals surface area contributed by atoms with Gasteiger partial charge in [0.25, 0.3) is 0 Å². The fourth-order valence-corrected chi connectivity index (χ4v) is 7.29. The summed E-state index contributed by atoms with van der Waals surface area (Å²) in [6, 6.07) is 0. The van der Waals surface area contributed by atoms with Crippen molar-refractivity contribution >= 4 is 5.97 Å². The van der Waals surface area contributed by atoms with E-state index in [4.69, 9.17) is 14.2 Å². The molecule has 0 spiro atoms. The van der Waals surface area contributed by atoms with Gasteiger partial charge in [0.05, 0.1) is 48.8 Å². The van der Waals surface area contributed by atoms with Crippen LogP contribution in [0.4, 0.5) is 0 Å². The van der Waals surface area contributed by atoms with E-state index in [-0.39, 0.29) is 36.5 Å². The summed E-state index contributed by atoms with van der Waals surface area (Å²) in [5.74, 6) is -0.305. The van der Waals surface area contributed by atoms with E-state index in [1.165, 1.54) is 44.9 Å². The van der Waals surface area contributed by atoms with Gasteiger partial charge in [-0.3, -0.25) is 0 Å². The molecule has 8 heteroatoms. The van der Waals surface area contributed by atoms with E-state index in [0.29, 0.717) is 31.3 Å². The van der Waals surface area contributed by atoms with Gasteiger partial charge in [-0.15, -0.1) is 0 Å². The van der Waals surface area contributed by atoms with E-state index < -0.39 is 24.4 Å². The molecule has 0 unspecified atom stereocenters. The molecule has 2 saturated heterocycles. The molecule has 0 bridgehead atoms. The maximum atomic E-state index is 11.7. The van der Waals surface area contributed by atoms with Crippen molar-refractivity contribution in [2.24, 2.45) is 0 Å². The third-order valence-corrected chi connectivity index (χ3v) is 10.1. The van der Waals surface area contributed by atoms with E-state index in [1.807, 2.05) is 6.92 Å². The van der Waals surface area contributed by atoms with Crippen LogP contribution in [-0.4, -0.2) is 81.3 Å². The average Bonchev–Trinajstić information content (AvgIpc) is 3.77. The third-order valence-electron chi connectivity index (χ3n) is 10.1. The molecule has 0 radical (unpaired) electrons. The van der Waals surface area contributed by atoms with E-state index in [2.05, 4.69) is 6.92 Å². The number of rotatable bonds is 25. The van der Waals surface area contributed by atoms with Crippen molar-refractivity contribution in [3.8, 4) is 0 Å². The number of hydrogen-bond acceptors (Lipinski definition) is 8. The Balaban J connectivity index is 1.16. The van der Waals surface area contributed by atoms with Crippen LogP contribution in [0.3, 0.4) is 0 Å². The average molecular weight is 639 g/mol. The molecule has 0 aromatic rings. The van der Waals surface area contributed by atoms with Crippen LogP contribution in [-0.2, 0) is 19.0 Å². The van der Waals surface area contributed by atoms with Crippen LogP contribution in [0.5, 0.6) is 0 Å². The second-order valence-electron chi connectivity index (χ2n) is 14.2. The summed E-state index contributed by atoms with van der Waals surface area (Å²) in [6.07, 6.45) is 21.6. The molecule has 0 amide bonds. The number of ether oxygens (including phenoxy) is 3. The number of cyclic esters (lactones) is 1. The topological polar surface area (TPSA) is 126 Å². The largest absolute Gasteiger partial charge is 0.455 e. The quantitative estimate of drug-likeness (QED) is 0.0634. The molecule has 9 atom stereocenters. The predicted molar refractivity (Wildman–Crippen MR) is 177 cm³/mol. The number of carbonyl (C=O) groups is 1. The first-order valence-electron chi connectivity index (χ1n) is 18.7. The Morgan fingerprint density at radius 3 is 1.67 bits per heavy atom. The van der Waals surface area contributed by atoms with Gasteiger partial charge in [0.1, 0.15) is 6.10 Å². The maximum absolute atomic E-state index is 11.7. The number of hydrogen-bond donors (Lipinski definition) is 4. The van der Waals surface area contributed by atoms with Gasteiger partial charge in [-0.05, 0) is 70.8 Å². The predicted octanol–water partition coefficient (Wildman–Crippen LogP) is 6.83. The van der Waals surface area contributed by atoms with Crippen LogP contribution in [0, 0.1) is 0 Å². The summed E-state index contributed by atoms with van der Waals surface area (Å²) >= 11 is 0. The summed E-state index contributed by atoms with van der Waals surface area (Å²) in [4.78, 5) is 11.7. The first-order valence-corrected chi connectivity index (χ1v) is 18.7. The molecule has 0 aromatic heterocycles. The molecule has 262 valence electrons. The molecule has 3 aliphatic rings. The monoisotopic (exact) mass is 638 g/mol. The molecular formula is C37H66O8. The molecule has 45 heavy (non-hydrogen) atoms. The highest BCUT2D eigenvalue weighted by Crippen LogP contribution is 2.34. The van der Waals surface area contributed by atoms with Gasteiger partial charge >= 0.3 is 5.97 Å². The Morgan fingerprint density at radius 1 is 0.644 bits per heavy atom. The third kappa shape index (κ3) is 14.7. The van der Waals surface area contributed by atoms with E-state index in [1.54, 1.807) is 6.08 Å². The van der Waals surface area contributed by atoms with Gasteiger partial charge in [-0.25, -0.2) is 4.79 Å². The van der Waals surface area contributed by atoms with Gasteiger partial charge < -0.3 is 34.6 Å². The molecule has 3 aliphatic heterocycles. The lowest BCUT2D eigenvalue weighted by atomic mass is 9.99. The molecule has 2 fully saturated rings. The van der Waals surface area contributed by atoms with Gasteiger partial charge in [0.15, 0.2) is 0 Å². The zero-order valence-electron chi connectivity index (χ0n) is 28.5. The van der Waals surface area contributed by atoms with Gasteiger partial charge in [-0.2, -0.15) is 0 Å². The fourth-order valence-electron chi connectivity index (χ4n) is 7.29. The van der Waals surface area contributed by atoms with Crippen LogP contribution in [0.1, 0.15) is 162 Å². The Bertz CT molecular complexity index is 833. The second kappa shape index (κ2) is 21.8. The van der Waals surface area contributed by atoms with Gasteiger partial charge in [0, 0.05) is 12.0 Å². The minimum absolute atomic E-state index is 0.00146. The normalized spacial score (nSPS) is 27.8. The molecule has 0 aromatic carbocycles. The zero-order valence-corrected chi connectivity index (χ0v) is 28.5. The van der Waals surface area contributed by atoms with Crippen LogP contribution in [0.15, 0.2) is 11.6 Å². The van der Waals surface area contributed by atoms with Gasteiger partial charge in [-0.1, -0.05) is 90.4 Å². The summed E-state index contributed by atoms with van der Waals surface area (Å²) in [5, 5.41) is 42.1. The Morgan fingerprint density at radius 2 is 1.13 bits per heavy atom. The number of unbranched alkanes of at least 4 members (excludes halogenated alkanes) is 11. The summed E-state index contributed by atoms with van der Waals surface area (Å²) in [6.45, 7) is 4.07. The minimum atomic E-state index is -0.578. The first kappa shape index (κ1) is 38.4. The van der Waals surface area contributed by atoms with Crippen molar-refractivity contribution in [2.45, 2.75) is 216 Å². The van der Waals surface area contributed by atoms with Crippen molar-refractivity contribution in [1.29, 1.82) is 0 Å². The van der Waals surface area contributed by atoms with Crippen molar-refractivity contribution in [3.63, 3.8) is 0 Å². The lowest BCUT2D eigenvalue weighted by molar-refractivity contribution is -0.139. The van der Waals surface area contributed by atoms with Gasteiger partial charge in [0.2, 0.25) is 0 Å². The highest BCUT2D eigenvalue weighted by atomic mass is 16.6. The smallest absolute Gasteiger partial charge is 0.334 e.